The molecule has 0 fully saturated rings. The van der Waals surface area contributed by atoms with Gasteiger partial charge in [-0.15, -0.1) is 0 Å². The second-order valence-electron chi connectivity index (χ2n) is 6.93. The Labute approximate surface area is 163 Å². The van der Waals surface area contributed by atoms with E-state index in [1.807, 2.05) is 13.8 Å². The summed E-state index contributed by atoms with van der Waals surface area (Å²) in [5.74, 6) is -1.24. The van der Waals surface area contributed by atoms with Gasteiger partial charge in [-0.25, -0.2) is 9.97 Å². The summed E-state index contributed by atoms with van der Waals surface area (Å²) in [4.78, 5) is 37.2. The molecule has 150 valence electrons. The molecule has 2 atom stereocenters. The van der Waals surface area contributed by atoms with Crippen LogP contribution < -0.4 is 10.6 Å². The van der Waals surface area contributed by atoms with Crippen LogP contribution >= 0.6 is 0 Å². The maximum atomic E-state index is 12.8. The minimum absolute atomic E-state index is 0.0704. The smallest absolute Gasteiger partial charge is 0.426 e. The van der Waals surface area contributed by atoms with Gasteiger partial charge in [0.2, 0.25) is 5.91 Å². The van der Waals surface area contributed by atoms with Crippen LogP contribution in [0.1, 0.15) is 36.6 Å². The van der Waals surface area contributed by atoms with Crippen LogP contribution in [0, 0.1) is 5.92 Å². The lowest BCUT2D eigenvalue weighted by molar-refractivity contribution is -0.123. The quantitative estimate of drug-likeness (QED) is 0.408. The van der Waals surface area contributed by atoms with Gasteiger partial charge in [0.15, 0.2) is 0 Å². The molecule has 0 aliphatic rings. The van der Waals surface area contributed by atoms with Crippen molar-refractivity contribution in [3.63, 3.8) is 0 Å². The zero-order valence-electron chi connectivity index (χ0n) is 16.1. The SMILES string of the molecule is CC(C)C[C@H](NC(=O)[C@@H](Cc1nccn1C)NC(=O)c1cnccn1)B(O)O. The molecule has 0 aromatic carbocycles. The molecule has 2 amide bonds. The highest BCUT2D eigenvalue weighted by atomic mass is 16.4. The normalized spacial score (nSPS) is 13.1. The van der Waals surface area contributed by atoms with Crippen molar-refractivity contribution >= 4 is 18.9 Å². The Hall–Kier alpha value is -2.79. The Morgan fingerprint density at radius 1 is 1.18 bits per heavy atom. The van der Waals surface area contributed by atoms with Gasteiger partial charge in [-0.2, -0.15) is 0 Å². The molecule has 0 spiro atoms. The highest BCUT2D eigenvalue weighted by Crippen LogP contribution is 2.08. The first kappa shape index (κ1) is 21.5. The summed E-state index contributed by atoms with van der Waals surface area (Å²) in [6, 6.07) is -0.982. The van der Waals surface area contributed by atoms with Crippen molar-refractivity contribution in [2.45, 2.75) is 38.7 Å². The molecule has 11 heteroatoms. The molecule has 0 bridgehead atoms. The average Bonchev–Trinajstić information content (AvgIpc) is 3.05. The van der Waals surface area contributed by atoms with E-state index < -0.39 is 30.9 Å². The zero-order chi connectivity index (χ0) is 20.7. The molecular formula is C17H25BN6O4. The summed E-state index contributed by atoms with van der Waals surface area (Å²) in [6.07, 6.45) is 7.93. The van der Waals surface area contributed by atoms with Crippen LogP contribution in [-0.4, -0.2) is 60.5 Å². The zero-order valence-corrected chi connectivity index (χ0v) is 16.1. The molecule has 0 aliphatic carbocycles. The number of aromatic nitrogens is 4. The summed E-state index contributed by atoms with van der Waals surface area (Å²) in [6.45, 7) is 3.81. The molecule has 4 N–H and O–H groups in total. The van der Waals surface area contributed by atoms with E-state index in [4.69, 9.17) is 0 Å². The Morgan fingerprint density at radius 2 is 1.93 bits per heavy atom. The summed E-state index contributed by atoms with van der Waals surface area (Å²) < 4.78 is 1.74. The van der Waals surface area contributed by atoms with Crippen LogP contribution in [0.2, 0.25) is 0 Å². The third-order valence-electron chi connectivity index (χ3n) is 4.14. The van der Waals surface area contributed by atoms with Gasteiger partial charge in [0.1, 0.15) is 17.6 Å². The van der Waals surface area contributed by atoms with Gasteiger partial charge in [0, 0.05) is 38.3 Å². The van der Waals surface area contributed by atoms with E-state index in [0.29, 0.717) is 12.2 Å². The number of rotatable bonds is 9. The summed E-state index contributed by atoms with van der Waals surface area (Å²) in [5, 5.41) is 24.4. The van der Waals surface area contributed by atoms with Crippen LogP contribution in [0.5, 0.6) is 0 Å². The Balaban J connectivity index is 2.17. The van der Waals surface area contributed by atoms with Crippen molar-refractivity contribution in [3.05, 3.63) is 42.5 Å². The standard InChI is InChI=1S/C17H25BN6O4/c1-11(2)8-14(18(27)28)23-16(25)12(9-15-21-6-7-24(15)3)22-17(26)13-10-19-4-5-20-13/h4-7,10-12,14,27-28H,8-9H2,1-3H3,(H,22,26)(H,23,25)/t12-,14+/m1/s1. The van der Waals surface area contributed by atoms with E-state index in [1.165, 1.54) is 18.6 Å². The number of aryl methyl sites for hydroxylation is 1. The van der Waals surface area contributed by atoms with Crippen LogP contribution in [0.15, 0.2) is 31.0 Å². The maximum absolute atomic E-state index is 12.8. The van der Waals surface area contributed by atoms with E-state index in [-0.39, 0.29) is 18.0 Å². The first-order valence-electron chi connectivity index (χ1n) is 8.97. The fourth-order valence-electron chi connectivity index (χ4n) is 2.68. The topological polar surface area (TPSA) is 142 Å². The molecule has 0 radical (unpaired) electrons. The average molecular weight is 388 g/mol. The number of imidazole rings is 1. The molecular weight excluding hydrogens is 363 g/mol. The molecule has 0 saturated heterocycles. The van der Waals surface area contributed by atoms with E-state index in [9.17, 15) is 19.6 Å². The number of carbonyl (C=O) groups is 2. The van der Waals surface area contributed by atoms with Crippen molar-refractivity contribution < 1.29 is 19.6 Å². The highest BCUT2D eigenvalue weighted by Gasteiger charge is 2.31. The van der Waals surface area contributed by atoms with Crippen LogP contribution in [0.3, 0.4) is 0 Å². The lowest BCUT2D eigenvalue weighted by Gasteiger charge is -2.24. The predicted molar refractivity (Wildman–Crippen MR) is 102 cm³/mol. The van der Waals surface area contributed by atoms with Crippen molar-refractivity contribution in [1.82, 2.24) is 30.2 Å². The van der Waals surface area contributed by atoms with E-state index in [0.717, 1.165) is 0 Å². The van der Waals surface area contributed by atoms with E-state index >= 15 is 0 Å². The van der Waals surface area contributed by atoms with E-state index in [2.05, 4.69) is 25.6 Å². The largest absolute Gasteiger partial charge is 0.475 e. The van der Waals surface area contributed by atoms with Gasteiger partial charge in [0.25, 0.3) is 5.91 Å². The Morgan fingerprint density at radius 3 is 2.46 bits per heavy atom. The molecule has 10 nitrogen and oxygen atoms in total. The van der Waals surface area contributed by atoms with Crippen molar-refractivity contribution in [2.24, 2.45) is 13.0 Å². The molecule has 28 heavy (non-hydrogen) atoms. The summed E-state index contributed by atoms with van der Waals surface area (Å²) >= 11 is 0. The molecule has 2 rings (SSSR count). The van der Waals surface area contributed by atoms with Gasteiger partial charge in [-0.05, 0) is 12.3 Å². The van der Waals surface area contributed by atoms with Crippen molar-refractivity contribution in [3.8, 4) is 0 Å². The molecule has 0 unspecified atom stereocenters. The monoisotopic (exact) mass is 388 g/mol. The molecule has 0 aliphatic heterocycles. The third kappa shape index (κ3) is 6.13. The molecule has 2 aromatic heterocycles. The molecule has 0 saturated carbocycles. The minimum Gasteiger partial charge on any atom is -0.426 e. The fraction of sp³-hybridized carbons (Fsp3) is 0.471. The van der Waals surface area contributed by atoms with E-state index in [1.54, 1.807) is 24.0 Å². The van der Waals surface area contributed by atoms with Crippen LogP contribution in [-0.2, 0) is 18.3 Å². The highest BCUT2D eigenvalue weighted by molar-refractivity contribution is 6.43. The Kier molecular flexibility index (Phi) is 7.65. The maximum Gasteiger partial charge on any atom is 0.475 e. The number of carbonyl (C=O) groups excluding carboxylic acids is 2. The van der Waals surface area contributed by atoms with Gasteiger partial charge in [-0.1, -0.05) is 13.8 Å². The molecule has 2 heterocycles. The third-order valence-corrected chi connectivity index (χ3v) is 4.14. The molecule has 2 aromatic rings. The van der Waals surface area contributed by atoms with Crippen molar-refractivity contribution in [2.75, 3.05) is 0 Å². The summed E-state index contributed by atoms with van der Waals surface area (Å²) in [7, 11) is 0.0664. The lowest BCUT2D eigenvalue weighted by atomic mass is 9.75. The van der Waals surface area contributed by atoms with Gasteiger partial charge < -0.3 is 25.2 Å². The van der Waals surface area contributed by atoms with Crippen LogP contribution in [0.25, 0.3) is 0 Å². The first-order chi connectivity index (χ1) is 13.3. The van der Waals surface area contributed by atoms with Gasteiger partial charge in [-0.3, -0.25) is 14.6 Å². The predicted octanol–water partition coefficient (Wildman–Crippen LogP) is -0.906. The van der Waals surface area contributed by atoms with Gasteiger partial charge >= 0.3 is 7.12 Å². The fourth-order valence-corrected chi connectivity index (χ4v) is 2.68. The first-order valence-corrected chi connectivity index (χ1v) is 8.97. The Bertz CT molecular complexity index is 783. The number of hydrogen-bond donors (Lipinski definition) is 4. The minimum atomic E-state index is -1.71. The second-order valence-corrected chi connectivity index (χ2v) is 6.93. The van der Waals surface area contributed by atoms with Gasteiger partial charge in [0.05, 0.1) is 12.1 Å². The van der Waals surface area contributed by atoms with Crippen LogP contribution in [0.4, 0.5) is 0 Å². The second kappa shape index (κ2) is 9.95. The lowest BCUT2D eigenvalue weighted by Crippen LogP contribution is -2.55. The number of nitrogens with zero attached hydrogens (tertiary/aromatic N) is 4. The number of amides is 2. The van der Waals surface area contributed by atoms with Crippen molar-refractivity contribution in [1.29, 1.82) is 0 Å². The number of nitrogens with one attached hydrogen (secondary N) is 2. The summed E-state index contributed by atoms with van der Waals surface area (Å²) in [5.41, 5.74) is 0.0704. The number of hydrogen-bond acceptors (Lipinski definition) is 7.